The minimum atomic E-state index is -0.177. The lowest BCUT2D eigenvalue weighted by Gasteiger charge is -2.22. The van der Waals surface area contributed by atoms with Crippen LogP contribution in [0.1, 0.15) is 41.5 Å². The van der Waals surface area contributed by atoms with Crippen molar-refractivity contribution in [3.05, 3.63) is 59.6 Å². The van der Waals surface area contributed by atoms with Crippen molar-refractivity contribution in [2.24, 2.45) is 0 Å². The Hall–Kier alpha value is -3.15. The summed E-state index contributed by atoms with van der Waals surface area (Å²) in [5.41, 5.74) is 4.60. The van der Waals surface area contributed by atoms with E-state index in [2.05, 4.69) is 11.6 Å². The van der Waals surface area contributed by atoms with Gasteiger partial charge in [0, 0.05) is 17.5 Å². The number of allylic oxidation sites excluding steroid dienone is 2. The fourth-order valence-corrected chi connectivity index (χ4v) is 3.41. The molecule has 3 heterocycles. The Kier molecular flexibility index (Phi) is 4.99. The highest BCUT2D eigenvalue weighted by Gasteiger charge is 2.38. The predicted octanol–water partition coefficient (Wildman–Crippen LogP) is 4.08. The van der Waals surface area contributed by atoms with E-state index in [1.165, 1.54) is 0 Å². The molecule has 0 aliphatic carbocycles. The molecule has 0 saturated heterocycles. The lowest BCUT2D eigenvalue weighted by Crippen LogP contribution is -2.25. The first-order chi connectivity index (χ1) is 13.0. The molecule has 0 aromatic carbocycles. The molecule has 0 bridgehead atoms. The summed E-state index contributed by atoms with van der Waals surface area (Å²) in [6.45, 7) is 9.60. The quantitative estimate of drug-likeness (QED) is 0.747. The predicted molar refractivity (Wildman–Crippen MR) is 104 cm³/mol. The van der Waals surface area contributed by atoms with Crippen LogP contribution in [0.4, 0.5) is 0 Å². The number of hydrogen-bond donors (Lipinski definition) is 0. The summed E-state index contributed by atoms with van der Waals surface area (Å²) in [4.78, 5) is 23.8. The van der Waals surface area contributed by atoms with Gasteiger partial charge in [-0.15, -0.1) is 0 Å². The average molecular weight is 365 g/mol. The zero-order valence-corrected chi connectivity index (χ0v) is 16.2. The maximum absolute atomic E-state index is 13.0. The molecule has 1 aliphatic rings. The molecule has 0 N–H and O–H groups in total. The lowest BCUT2D eigenvalue weighted by atomic mass is 10.0. The Morgan fingerprint density at radius 1 is 1.30 bits per heavy atom. The number of carbonyl (C=O) groups excluding carboxylic acids is 1. The second kappa shape index (κ2) is 7.23. The second-order valence-electron chi connectivity index (χ2n) is 6.29. The zero-order valence-electron chi connectivity index (χ0n) is 16.2. The number of rotatable bonds is 5. The van der Waals surface area contributed by atoms with Crippen LogP contribution in [0.2, 0.25) is 0 Å². The molecule has 140 valence electrons. The minimum Gasteiger partial charge on any atom is -0.491 e. The van der Waals surface area contributed by atoms with Gasteiger partial charge < -0.3 is 9.47 Å². The maximum atomic E-state index is 13.0. The van der Waals surface area contributed by atoms with Crippen LogP contribution in [-0.4, -0.2) is 35.0 Å². The number of ether oxygens (including phenoxy) is 2. The number of nitrogens with zero attached hydrogens (tertiary/aromatic N) is 3. The van der Waals surface area contributed by atoms with Gasteiger partial charge in [0.1, 0.15) is 0 Å². The Bertz CT molecular complexity index is 950. The van der Waals surface area contributed by atoms with E-state index in [9.17, 15) is 4.79 Å². The van der Waals surface area contributed by atoms with Crippen LogP contribution < -0.4 is 9.47 Å². The van der Waals surface area contributed by atoms with Crippen LogP contribution >= 0.6 is 0 Å². The molecule has 1 atom stereocenters. The highest BCUT2D eigenvalue weighted by Crippen LogP contribution is 2.39. The van der Waals surface area contributed by atoms with E-state index in [0.29, 0.717) is 17.2 Å². The first-order valence-electron chi connectivity index (χ1n) is 8.69. The zero-order chi connectivity index (χ0) is 19.7. The highest BCUT2D eigenvalue weighted by molar-refractivity contribution is 6.01. The third-order valence-electron chi connectivity index (χ3n) is 4.77. The standard InChI is InChI=1S/C21H23N3O3/c1-7-15(8-2)24-13(4)19-18(21(24)25)12(3)9-16(23-19)14-10-17(26-5)20(27-6)22-11-14/h7-11,13H,1H2,2-6H3/b15-8+. The van der Waals surface area contributed by atoms with Crippen molar-refractivity contribution in [2.75, 3.05) is 14.2 Å². The first-order valence-corrected chi connectivity index (χ1v) is 8.69. The molecular weight excluding hydrogens is 342 g/mol. The summed E-state index contributed by atoms with van der Waals surface area (Å²) in [5.74, 6) is 0.897. The van der Waals surface area contributed by atoms with Gasteiger partial charge >= 0.3 is 0 Å². The van der Waals surface area contributed by atoms with Crippen molar-refractivity contribution in [3.8, 4) is 22.9 Å². The van der Waals surface area contributed by atoms with Crippen molar-refractivity contribution in [1.82, 2.24) is 14.9 Å². The Labute approximate surface area is 159 Å². The number of carbonyl (C=O) groups is 1. The van der Waals surface area contributed by atoms with E-state index in [0.717, 1.165) is 28.2 Å². The van der Waals surface area contributed by atoms with Gasteiger partial charge in [0.15, 0.2) is 5.75 Å². The number of pyridine rings is 2. The van der Waals surface area contributed by atoms with E-state index >= 15 is 0 Å². The molecule has 0 fully saturated rings. The number of amides is 1. The smallest absolute Gasteiger partial charge is 0.261 e. The first kappa shape index (κ1) is 18.6. The molecule has 6 nitrogen and oxygen atoms in total. The van der Waals surface area contributed by atoms with Gasteiger partial charge in [-0.2, -0.15) is 0 Å². The lowest BCUT2D eigenvalue weighted by molar-refractivity contribution is 0.0801. The monoisotopic (exact) mass is 365 g/mol. The Morgan fingerprint density at radius 3 is 2.63 bits per heavy atom. The SMILES string of the molecule is C=C/C(=C\C)N1C(=O)c2c(C)cc(-c3cnc(OC)c(OC)c3)nc2C1C. The van der Waals surface area contributed by atoms with Crippen molar-refractivity contribution in [1.29, 1.82) is 0 Å². The summed E-state index contributed by atoms with van der Waals surface area (Å²) >= 11 is 0. The minimum absolute atomic E-state index is 0.0486. The number of methoxy groups -OCH3 is 2. The fourth-order valence-electron chi connectivity index (χ4n) is 3.41. The fraction of sp³-hybridized carbons (Fsp3) is 0.286. The van der Waals surface area contributed by atoms with Crippen LogP contribution in [0.15, 0.2) is 42.8 Å². The normalized spacial score (nSPS) is 16.3. The second-order valence-corrected chi connectivity index (χ2v) is 6.29. The summed E-state index contributed by atoms with van der Waals surface area (Å²) < 4.78 is 10.5. The van der Waals surface area contributed by atoms with Crippen LogP contribution in [0, 0.1) is 6.92 Å². The van der Waals surface area contributed by atoms with Gasteiger partial charge in [-0.1, -0.05) is 12.7 Å². The molecule has 1 aliphatic heterocycles. The van der Waals surface area contributed by atoms with Crippen LogP contribution in [0.25, 0.3) is 11.3 Å². The van der Waals surface area contributed by atoms with Crippen LogP contribution in [-0.2, 0) is 0 Å². The number of aromatic nitrogens is 2. The van der Waals surface area contributed by atoms with E-state index in [-0.39, 0.29) is 11.9 Å². The largest absolute Gasteiger partial charge is 0.491 e. The van der Waals surface area contributed by atoms with Gasteiger partial charge in [-0.05, 0) is 44.5 Å². The van der Waals surface area contributed by atoms with Crippen molar-refractivity contribution in [3.63, 3.8) is 0 Å². The molecule has 6 heteroatoms. The Morgan fingerprint density at radius 2 is 2.04 bits per heavy atom. The average Bonchev–Trinajstić information content (AvgIpc) is 2.93. The number of fused-ring (bicyclic) bond motifs is 1. The third-order valence-corrected chi connectivity index (χ3v) is 4.77. The molecule has 3 rings (SSSR count). The van der Waals surface area contributed by atoms with E-state index in [4.69, 9.17) is 14.5 Å². The Balaban J connectivity index is 2.12. The molecule has 0 radical (unpaired) electrons. The van der Waals surface area contributed by atoms with Gasteiger partial charge in [0.2, 0.25) is 0 Å². The molecule has 2 aromatic heterocycles. The van der Waals surface area contributed by atoms with E-state index < -0.39 is 0 Å². The van der Waals surface area contributed by atoms with Gasteiger partial charge in [0.05, 0.1) is 37.2 Å². The van der Waals surface area contributed by atoms with Crippen LogP contribution in [0.3, 0.4) is 0 Å². The van der Waals surface area contributed by atoms with Crippen molar-refractivity contribution in [2.45, 2.75) is 26.8 Å². The van der Waals surface area contributed by atoms with Gasteiger partial charge in [-0.25, -0.2) is 9.97 Å². The number of aryl methyl sites for hydroxylation is 1. The molecule has 0 saturated carbocycles. The highest BCUT2D eigenvalue weighted by atomic mass is 16.5. The summed E-state index contributed by atoms with van der Waals surface area (Å²) in [6, 6.07) is 3.56. The molecule has 27 heavy (non-hydrogen) atoms. The number of hydrogen-bond acceptors (Lipinski definition) is 5. The molecule has 0 spiro atoms. The molecule has 2 aromatic rings. The van der Waals surface area contributed by atoms with E-state index in [1.807, 2.05) is 39.0 Å². The molecule has 1 unspecified atom stereocenters. The van der Waals surface area contributed by atoms with E-state index in [1.54, 1.807) is 31.4 Å². The molecular formula is C21H23N3O3. The van der Waals surface area contributed by atoms with Gasteiger partial charge in [0.25, 0.3) is 11.8 Å². The topological polar surface area (TPSA) is 64.6 Å². The summed E-state index contributed by atoms with van der Waals surface area (Å²) in [6.07, 6.45) is 5.26. The van der Waals surface area contributed by atoms with Crippen molar-refractivity contribution < 1.29 is 14.3 Å². The molecule has 1 amide bonds. The van der Waals surface area contributed by atoms with Gasteiger partial charge in [-0.3, -0.25) is 9.69 Å². The summed E-state index contributed by atoms with van der Waals surface area (Å²) in [5, 5.41) is 0. The van der Waals surface area contributed by atoms with Crippen LogP contribution in [0.5, 0.6) is 11.6 Å². The maximum Gasteiger partial charge on any atom is 0.261 e. The summed E-state index contributed by atoms with van der Waals surface area (Å²) in [7, 11) is 3.11. The van der Waals surface area contributed by atoms with Crippen molar-refractivity contribution >= 4 is 5.91 Å². The third kappa shape index (κ3) is 2.97.